The van der Waals surface area contributed by atoms with Gasteiger partial charge >= 0.3 is 0 Å². The van der Waals surface area contributed by atoms with Crippen LogP contribution < -0.4 is 4.90 Å². The Morgan fingerprint density at radius 1 is 1.26 bits per heavy atom. The second-order valence-corrected chi connectivity index (χ2v) is 5.71. The van der Waals surface area contributed by atoms with Crippen molar-refractivity contribution in [3.05, 3.63) is 29.8 Å². The average molecular weight is 255 g/mol. The third-order valence-corrected chi connectivity index (χ3v) is 4.30. The summed E-state index contributed by atoms with van der Waals surface area (Å²) in [6, 6.07) is 9.86. The van der Waals surface area contributed by atoms with Gasteiger partial charge in [-0.2, -0.15) is 5.26 Å². The fourth-order valence-electron chi connectivity index (χ4n) is 3.15. The third kappa shape index (κ3) is 2.06. The maximum atomic E-state index is 11.4. The van der Waals surface area contributed by atoms with Crippen molar-refractivity contribution in [2.75, 3.05) is 31.1 Å². The molecule has 1 aromatic carbocycles. The minimum atomic E-state index is 0.189. The van der Waals surface area contributed by atoms with Crippen LogP contribution in [0.2, 0.25) is 0 Å². The maximum absolute atomic E-state index is 11.4. The Balaban J connectivity index is 1.64. The lowest BCUT2D eigenvalue weighted by Gasteiger charge is -2.49. The molecule has 98 valence electrons. The van der Waals surface area contributed by atoms with Crippen LogP contribution in [-0.2, 0) is 4.79 Å². The highest BCUT2D eigenvalue weighted by Gasteiger charge is 2.48. The quantitative estimate of drug-likeness (QED) is 0.766. The number of nitriles is 1. The molecule has 2 saturated heterocycles. The summed E-state index contributed by atoms with van der Waals surface area (Å²) in [6.07, 6.45) is 1.11. The van der Waals surface area contributed by atoms with E-state index in [0.29, 0.717) is 11.0 Å². The molecule has 0 aliphatic carbocycles. The van der Waals surface area contributed by atoms with Gasteiger partial charge in [-0.15, -0.1) is 0 Å². The summed E-state index contributed by atoms with van der Waals surface area (Å²) in [6.45, 7) is 5.48. The van der Waals surface area contributed by atoms with Gasteiger partial charge in [0.1, 0.15) is 0 Å². The van der Waals surface area contributed by atoms with Crippen molar-refractivity contribution in [1.82, 2.24) is 4.90 Å². The maximum Gasteiger partial charge on any atom is 0.219 e. The van der Waals surface area contributed by atoms with Gasteiger partial charge in [0.05, 0.1) is 11.6 Å². The van der Waals surface area contributed by atoms with Crippen LogP contribution in [0.25, 0.3) is 0 Å². The van der Waals surface area contributed by atoms with Crippen molar-refractivity contribution in [3.63, 3.8) is 0 Å². The average Bonchev–Trinajstić information content (AvgIpc) is 2.83. The Bertz CT molecular complexity index is 538. The van der Waals surface area contributed by atoms with Crippen molar-refractivity contribution < 1.29 is 4.79 Å². The van der Waals surface area contributed by atoms with E-state index in [-0.39, 0.29) is 5.91 Å². The van der Waals surface area contributed by atoms with Crippen LogP contribution in [0.15, 0.2) is 24.3 Å². The minimum Gasteiger partial charge on any atom is -0.370 e. The summed E-state index contributed by atoms with van der Waals surface area (Å²) in [7, 11) is 0. The number of amides is 1. The van der Waals surface area contributed by atoms with Crippen molar-refractivity contribution >= 4 is 11.6 Å². The lowest BCUT2D eigenvalue weighted by Crippen LogP contribution is -2.57. The van der Waals surface area contributed by atoms with Gasteiger partial charge in [0.25, 0.3) is 0 Å². The molecular formula is C15H17N3O. The summed E-state index contributed by atoms with van der Waals surface area (Å²) in [5, 5.41) is 8.79. The van der Waals surface area contributed by atoms with Crippen LogP contribution >= 0.6 is 0 Å². The summed E-state index contributed by atoms with van der Waals surface area (Å²) < 4.78 is 0. The van der Waals surface area contributed by atoms with Crippen molar-refractivity contribution in [2.45, 2.75) is 13.3 Å². The highest BCUT2D eigenvalue weighted by molar-refractivity contribution is 5.73. The number of hydrogen-bond donors (Lipinski definition) is 0. The molecule has 2 aliphatic rings. The van der Waals surface area contributed by atoms with Crippen LogP contribution in [-0.4, -0.2) is 37.0 Å². The molecule has 4 heteroatoms. The van der Waals surface area contributed by atoms with Gasteiger partial charge in [-0.3, -0.25) is 4.79 Å². The van der Waals surface area contributed by atoms with Crippen molar-refractivity contribution in [1.29, 1.82) is 5.26 Å². The zero-order chi connectivity index (χ0) is 13.5. The standard InChI is InChI=1S/C15H17N3O/c1-12(19)17-7-6-15(9-17)10-18(11-15)14-4-2-13(8-16)3-5-14/h2-5H,6-7,9-11H2,1H3. The smallest absolute Gasteiger partial charge is 0.219 e. The zero-order valence-electron chi connectivity index (χ0n) is 11.1. The molecule has 0 unspecified atom stereocenters. The molecule has 1 spiro atoms. The lowest BCUT2D eigenvalue weighted by molar-refractivity contribution is -0.128. The summed E-state index contributed by atoms with van der Waals surface area (Å²) in [5.74, 6) is 0.189. The predicted octanol–water partition coefficient (Wildman–Crippen LogP) is 1.62. The molecule has 2 fully saturated rings. The molecule has 4 nitrogen and oxygen atoms in total. The van der Waals surface area contributed by atoms with Gasteiger partial charge in [-0.25, -0.2) is 0 Å². The molecule has 2 heterocycles. The second-order valence-electron chi connectivity index (χ2n) is 5.71. The molecule has 0 atom stereocenters. The highest BCUT2D eigenvalue weighted by atomic mass is 16.2. The van der Waals surface area contributed by atoms with Crippen molar-refractivity contribution in [2.24, 2.45) is 5.41 Å². The third-order valence-electron chi connectivity index (χ3n) is 4.30. The first-order chi connectivity index (χ1) is 9.12. The number of rotatable bonds is 1. The Morgan fingerprint density at radius 2 is 1.95 bits per heavy atom. The topological polar surface area (TPSA) is 47.3 Å². The van der Waals surface area contributed by atoms with E-state index >= 15 is 0 Å². The summed E-state index contributed by atoms with van der Waals surface area (Å²) >= 11 is 0. The SMILES string of the molecule is CC(=O)N1CCC2(C1)CN(c1ccc(C#N)cc1)C2. The monoisotopic (exact) mass is 255 g/mol. The number of benzene rings is 1. The van der Waals surface area contributed by atoms with Crippen LogP contribution in [0, 0.1) is 16.7 Å². The Hall–Kier alpha value is -2.02. The number of anilines is 1. The van der Waals surface area contributed by atoms with Gasteiger partial charge in [-0.05, 0) is 30.7 Å². The Morgan fingerprint density at radius 3 is 2.47 bits per heavy atom. The van der Waals surface area contributed by atoms with Gasteiger partial charge in [0, 0.05) is 44.2 Å². The number of carbonyl (C=O) groups is 1. The number of hydrogen-bond acceptors (Lipinski definition) is 3. The highest BCUT2D eigenvalue weighted by Crippen LogP contribution is 2.41. The van der Waals surface area contributed by atoms with E-state index in [0.717, 1.165) is 32.6 Å². The molecule has 0 aromatic heterocycles. The predicted molar refractivity (Wildman–Crippen MR) is 72.7 cm³/mol. The number of carbonyl (C=O) groups excluding carboxylic acids is 1. The van der Waals surface area contributed by atoms with Gasteiger partial charge in [0.2, 0.25) is 5.91 Å². The Kier molecular flexibility index (Phi) is 2.70. The van der Waals surface area contributed by atoms with E-state index in [9.17, 15) is 4.79 Å². The second kappa shape index (κ2) is 4.27. The van der Waals surface area contributed by atoms with Crippen LogP contribution in [0.5, 0.6) is 0 Å². The number of likely N-dealkylation sites (tertiary alicyclic amines) is 1. The zero-order valence-corrected chi connectivity index (χ0v) is 11.1. The molecule has 2 aliphatic heterocycles. The minimum absolute atomic E-state index is 0.189. The van der Waals surface area contributed by atoms with Gasteiger partial charge in [0.15, 0.2) is 0 Å². The largest absolute Gasteiger partial charge is 0.370 e. The molecule has 1 amide bonds. The summed E-state index contributed by atoms with van der Waals surface area (Å²) in [5.41, 5.74) is 2.17. The van der Waals surface area contributed by atoms with E-state index in [2.05, 4.69) is 11.0 Å². The molecule has 1 aromatic rings. The number of nitrogens with zero attached hydrogens (tertiary/aromatic N) is 3. The molecule has 0 N–H and O–H groups in total. The lowest BCUT2D eigenvalue weighted by atomic mass is 9.78. The molecule has 0 bridgehead atoms. The molecule has 0 saturated carbocycles. The normalized spacial score (nSPS) is 20.2. The first kappa shape index (κ1) is 12.0. The molecule has 0 radical (unpaired) electrons. The molecule has 19 heavy (non-hydrogen) atoms. The van der Waals surface area contributed by atoms with Crippen LogP contribution in [0.3, 0.4) is 0 Å². The summed E-state index contributed by atoms with van der Waals surface area (Å²) in [4.78, 5) is 15.7. The van der Waals surface area contributed by atoms with Crippen LogP contribution in [0.4, 0.5) is 5.69 Å². The van der Waals surface area contributed by atoms with E-state index in [1.54, 1.807) is 6.92 Å². The molecular weight excluding hydrogens is 238 g/mol. The van der Waals surface area contributed by atoms with Gasteiger partial charge < -0.3 is 9.80 Å². The van der Waals surface area contributed by atoms with Gasteiger partial charge in [-0.1, -0.05) is 0 Å². The van der Waals surface area contributed by atoms with E-state index in [1.807, 2.05) is 29.2 Å². The first-order valence-electron chi connectivity index (χ1n) is 6.63. The Labute approximate surface area is 113 Å². The molecule has 3 rings (SSSR count). The van der Waals surface area contributed by atoms with Crippen LogP contribution in [0.1, 0.15) is 18.9 Å². The van der Waals surface area contributed by atoms with Crippen molar-refractivity contribution in [3.8, 4) is 6.07 Å². The van der Waals surface area contributed by atoms with E-state index in [4.69, 9.17) is 5.26 Å². The fourth-order valence-corrected chi connectivity index (χ4v) is 3.15. The first-order valence-corrected chi connectivity index (χ1v) is 6.63. The fraction of sp³-hybridized carbons (Fsp3) is 0.467. The van der Waals surface area contributed by atoms with E-state index < -0.39 is 0 Å². The van der Waals surface area contributed by atoms with E-state index in [1.165, 1.54) is 5.69 Å².